The van der Waals surface area contributed by atoms with Gasteiger partial charge < -0.3 is 24.8 Å². The second kappa shape index (κ2) is 9.65. The number of aryl methyl sites for hydroxylation is 1. The van der Waals surface area contributed by atoms with Crippen LogP contribution < -0.4 is 20.4 Å². The van der Waals surface area contributed by atoms with E-state index in [4.69, 9.17) is 9.72 Å². The van der Waals surface area contributed by atoms with Gasteiger partial charge in [-0.15, -0.1) is 0 Å². The number of rotatable bonds is 6. The van der Waals surface area contributed by atoms with Gasteiger partial charge in [0.05, 0.1) is 18.8 Å². The Morgan fingerprint density at radius 3 is 2.56 bits per heavy atom. The van der Waals surface area contributed by atoms with Crippen LogP contribution in [-0.4, -0.2) is 91.2 Å². The third-order valence-electron chi connectivity index (χ3n) is 5.36. The number of ether oxygens (including phenoxy) is 1. The second-order valence-electron chi connectivity index (χ2n) is 7.75. The molecule has 12 heteroatoms. The Labute approximate surface area is 190 Å². The molecule has 2 aromatic heterocycles. The van der Waals surface area contributed by atoms with Crippen molar-refractivity contribution in [3.05, 3.63) is 16.6 Å². The summed E-state index contributed by atoms with van der Waals surface area (Å²) in [6.07, 6.45) is 0. The number of amides is 1. The highest BCUT2D eigenvalue weighted by atomic mass is 32.1. The molecule has 2 N–H and O–H groups in total. The van der Waals surface area contributed by atoms with Gasteiger partial charge in [0, 0.05) is 45.3 Å². The largest absolute Gasteiger partial charge is 0.462 e. The van der Waals surface area contributed by atoms with E-state index in [0.29, 0.717) is 47.2 Å². The molecule has 0 spiro atoms. The van der Waals surface area contributed by atoms with Gasteiger partial charge in [-0.05, 0) is 20.9 Å². The first-order valence-corrected chi connectivity index (χ1v) is 11.5. The zero-order valence-corrected chi connectivity index (χ0v) is 19.4. The molecule has 0 aliphatic carbocycles. The summed E-state index contributed by atoms with van der Waals surface area (Å²) < 4.78 is 5.11. The lowest BCUT2D eigenvalue weighted by molar-refractivity contribution is -0.120. The van der Waals surface area contributed by atoms with Gasteiger partial charge in [0.2, 0.25) is 11.9 Å². The molecule has 4 rings (SSSR count). The Balaban J connectivity index is 1.62. The third-order valence-corrected chi connectivity index (χ3v) is 6.42. The van der Waals surface area contributed by atoms with Crippen molar-refractivity contribution in [1.29, 1.82) is 0 Å². The Hall–Kier alpha value is -2.99. The van der Waals surface area contributed by atoms with Crippen molar-refractivity contribution < 1.29 is 14.3 Å². The average Bonchev–Trinajstić information content (AvgIpc) is 3.14. The monoisotopic (exact) mass is 460 g/mol. The summed E-state index contributed by atoms with van der Waals surface area (Å²) in [5.41, 5.74) is 0.596. The van der Waals surface area contributed by atoms with Crippen LogP contribution in [0, 0.1) is 6.92 Å². The van der Waals surface area contributed by atoms with Crippen LogP contribution in [0.25, 0.3) is 0 Å². The highest BCUT2D eigenvalue weighted by Gasteiger charge is 2.23. The summed E-state index contributed by atoms with van der Waals surface area (Å²) in [6.45, 7) is 8.96. The predicted octanol–water partition coefficient (Wildman–Crippen LogP) is 0.850. The fraction of sp³-hybridized carbons (Fsp3) is 0.550. The maximum absolute atomic E-state index is 12.1. The molecule has 0 aromatic carbocycles. The second-order valence-corrected chi connectivity index (χ2v) is 8.75. The van der Waals surface area contributed by atoms with Crippen molar-refractivity contribution >= 4 is 45.9 Å². The molecule has 0 saturated carbocycles. The number of anilines is 4. The molecule has 32 heavy (non-hydrogen) atoms. The zero-order valence-electron chi connectivity index (χ0n) is 18.6. The number of thiazole rings is 1. The zero-order chi connectivity index (χ0) is 22.7. The molecule has 2 fully saturated rings. The molecule has 11 nitrogen and oxygen atoms in total. The van der Waals surface area contributed by atoms with Crippen LogP contribution in [0.2, 0.25) is 0 Å². The number of carbonyl (C=O) groups excluding carboxylic acids is 2. The van der Waals surface area contributed by atoms with Crippen LogP contribution in [0.3, 0.4) is 0 Å². The summed E-state index contributed by atoms with van der Waals surface area (Å²) in [5.74, 6) is 1.45. The first kappa shape index (κ1) is 22.2. The van der Waals surface area contributed by atoms with Gasteiger partial charge >= 0.3 is 5.97 Å². The van der Waals surface area contributed by atoms with Crippen LogP contribution in [0.4, 0.5) is 22.7 Å². The van der Waals surface area contributed by atoms with E-state index in [1.165, 1.54) is 11.3 Å². The minimum Gasteiger partial charge on any atom is -0.462 e. The molecule has 2 aliphatic heterocycles. The van der Waals surface area contributed by atoms with Gasteiger partial charge in [-0.25, -0.2) is 9.78 Å². The minimum absolute atomic E-state index is 0.0276. The average molecular weight is 461 g/mol. The number of aromatic nitrogens is 3. The van der Waals surface area contributed by atoms with E-state index in [1.54, 1.807) is 13.8 Å². The lowest BCUT2D eigenvalue weighted by atomic mass is 10.3. The summed E-state index contributed by atoms with van der Waals surface area (Å²) >= 11 is 1.21. The van der Waals surface area contributed by atoms with Crippen molar-refractivity contribution in [3.63, 3.8) is 0 Å². The van der Waals surface area contributed by atoms with E-state index >= 15 is 0 Å². The molecule has 0 atom stereocenters. The maximum Gasteiger partial charge on any atom is 0.350 e. The number of esters is 1. The SMILES string of the molecule is CCOC(=O)c1sc(Nc2nc(N3CCN(C)CC3)cc(N3CCNC(=O)C3)n2)nc1C. The van der Waals surface area contributed by atoms with Crippen molar-refractivity contribution in [1.82, 2.24) is 25.2 Å². The van der Waals surface area contributed by atoms with E-state index in [-0.39, 0.29) is 18.4 Å². The third kappa shape index (κ3) is 5.07. The van der Waals surface area contributed by atoms with Crippen molar-refractivity contribution in [2.24, 2.45) is 0 Å². The summed E-state index contributed by atoms with van der Waals surface area (Å²) in [4.78, 5) is 44.8. The first-order chi connectivity index (χ1) is 15.4. The Kier molecular flexibility index (Phi) is 6.70. The molecule has 4 heterocycles. The molecule has 1 amide bonds. The smallest absolute Gasteiger partial charge is 0.350 e. The van der Waals surface area contributed by atoms with Crippen molar-refractivity contribution in [2.75, 3.05) is 74.6 Å². The topological polar surface area (TPSA) is 116 Å². The number of carbonyl (C=O) groups is 2. The molecule has 0 radical (unpaired) electrons. The standard InChI is InChI=1S/C20H28N8O3S/c1-4-31-18(30)17-13(2)22-20(32-17)25-19-23-14(27-9-7-26(3)8-10-27)11-15(24-19)28-6-5-21-16(29)12-28/h11H,4-10,12H2,1-3H3,(H,21,29)(H,22,23,24,25). The van der Waals surface area contributed by atoms with Crippen LogP contribution in [-0.2, 0) is 9.53 Å². The van der Waals surface area contributed by atoms with E-state index < -0.39 is 0 Å². The predicted molar refractivity (Wildman–Crippen MR) is 123 cm³/mol. The van der Waals surface area contributed by atoms with Gasteiger partial charge in [0.25, 0.3) is 0 Å². The van der Waals surface area contributed by atoms with E-state index in [2.05, 4.69) is 37.4 Å². The molecule has 2 aliphatic rings. The van der Waals surface area contributed by atoms with Crippen LogP contribution in [0.15, 0.2) is 6.07 Å². The van der Waals surface area contributed by atoms with Gasteiger partial charge in [-0.2, -0.15) is 9.97 Å². The fourth-order valence-corrected chi connectivity index (χ4v) is 4.46. The highest BCUT2D eigenvalue weighted by Crippen LogP contribution is 2.28. The Morgan fingerprint density at radius 2 is 1.88 bits per heavy atom. The van der Waals surface area contributed by atoms with E-state index in [0.717, 1.165) is 32.0 Å². The summed E-state index contributed by atoms with van der Waals surface area (Å²) in [5, 5.41) is 6.51. The maximum atomic E-state index is 12.1. The lowest BCUT2D eigenvalue weighted by Gasteiger charge is -2.34. The van der Waals surface area contributed by atoms with Gasteiger partial charge in [-0.1, -0.05) is 11.3 Å². The fourth-order valence-electron chi connectivity index (χ4n) is 3.60. The highest BCUT2D eigenvalue weighted by molar-refractivity contribution is 7.17. The number of piperazine rings is 2. The van der Waals surface area contributed by atoms with Crippen LogP contribution in [0.5, 0.6) is 0 Å². The number of nitrogens with zero attached hydrogens (tertiary/aromatic N) is 6. The van der Waals surface area contributed by atoms with Crippen LogP contribution in [0.1, 0.15) is 22.3 Å². The first-order valence-electron chi connectivity index (χ1n) is 10.7. The molecule has 0 bridgehead atoms. The molecule has 2 saturated heterocycles. The number of hydrogen-bond donors (Lipinski definition) is 2. The lowest BCUT2D eigenvalue weighted by Crippen LogP contribution is -2.48. The minimum atomic E-state index is -0.386. The quantitative estimate of drug-likeness (QED) is 0.601. The molecule has 2 aromatic rings. The van der Waals surface area contributed by atoms with Gasteiger partial charge in [0.15, 0.2) is 5.13 Å². The van der Waals surface area contributed by atoms with Crippen LogP contribution >= 0.6 is 11.3 Å². The number of likely N-dealkylation sites (N-methyl/N-ethyl adjacent to an activating group) is 1. The Morgan fingerprint density at radius 1 is 1.16 bits per heavy atom. The number of nitrogens with one attached hydrogen (secondary N) is 2. The molecular weight excluding hydrogens is 432 g/mol. The Bertz CT molecular complexity index is 989. The number of hydrogen-bond acceptors (Lipinski definition) is 11. The van der Waals surface area contributed by atoms with Crippen molar-refractivity contribution in [2.45, 2.75) is 13.8 Å². The summed E-state index contributed by atoms with van der Waals surface area (Å²) in [6, 6.07) is 1.94. The van der Waals surface area contributed by atoms with Gasteiger partial charge in [0.1, 0.15) is 16.5 Å². The summed E-state index contributed by atoms with van der Waals surface area (Å²) in [7, 11) is 2.11. The molecular formula is C20H28N8O3S. The van der Waals surface area contributed by atoms with Gasteiger partial charge in [-0.3, -0.25) is 10.1 Å². The van der Waals surface area contributed by atoms with E-state index in [9.17, 15) is 9.59 Å². The van der Waals surface area contributed by atoms with E-state index in [1.807, 2.05) is 11.0 Å². The van der Waals surface area contributed by atoms with Crippen molar-refractivity contribution in [3.8, 4) is 0 Å². The molecule has 0 unspecified atom stereocenters. The normalized spacial score (nSPS) is 17.3. The molecule has 172 valence electrons.